The van der Waals surface area contributed by atoms with Crippen LogP contribution in [0.3, 0.4) is 0 Å². The van der Waals surface area contributed by atoms with Gasteiger partial charge in [-0.15, -0.1) is 0 Å². The van der Waals surface area contributed by atoms with Crippen LogP contribution < -0.4 is 11.3 Å². The summed E-state index contributed by atoms with van der Waals surface area (Å²) in [6.07, 6.45) is 19.5. The highest BCUT2D eigenvalue weighted by molar-refractivity contribution is 4.81. The van der Waals surface area contributed by atoms with Gasteiger partial charge in [0, 0.05) is 6.04 Å². The standard InChI is InChI=1S/C19H40N2/c1-3-5-6-7-8-9-10-11-15-19(21-20)18-14-12-13-17(4-2)16-18/h17-19,21H,3-16,20H2,1-2H3. The molecular formula is C19H40N2. The van der Waals surface area contributed by atoms with E-state index in [4.69, 9.17) is 5.84 Å². The Morgan fingerprint density at radius 3 is 2.24 bits per heavy atom. The zero-order chi connectivity index (χ0) is 15.3. The Morgan fingerprint density at radius 2 is 1.62 bits per heavy atom. The van der Waals surface area contributed by atoms with E-state index in [-0.39, 0.29) is 0 Å². The molecule has 21 heavy (non-hydrogen) atoms. The third kappa shape index (κ3) is 8.21. The van der Waals surface area contributed by atoms with Gasteiger partial charge in [0.05, 0.1) is 0 Å². The molecule has 1 aliphatic rings. The van der Waals surface area contributed by atoms with Gasteiger partial charge in [0.25, 0.3) is 0 Å². The van der Waals surface area contributed by atoms with Crippen molar-refractivity contribution >= 4 is 0 Å². The van der Waals surface area contributed by atoms with E-state index in [1.54, 1.807) is 0 Å². The van der Waals surface area contributed by atoms with E-state index in [0.717, 1.165) is 11.8 Å². The lowest BCUT2D eigenvalue weighted by molar-refractivity contribution is 0.200. The molecule has 0 heterocycles. The first-order valence-corrected chi connectivity index (χ1v) is 9.77. The van der Waals surface area contributed by atoms with Crippen LogP contribution in [0.5, 0.6) is 0 Å². The average molecular weight is 297 g/mol. The van der Waals surface area contributed by atoms with Crippen LogP contribution in [0.25, 0.3) is 0 Å². The zero-order valence-electron chi connectivity index (χ0n) is 14.7. The van der Waals surface area contributed by atoms with E-state index in [0.29, 0.717) is 6.04 Å². The number of rotatable bonds is 12. The lowest BCUT2D eigenvalue weighted by Gasteiger charge is -2.34. The van der Waals surface area contributed by atoms with Crippen LogP contribution in [0.4, 0.5) is 0 Å². The van der Waals surface area contributed by atoms with Crippen molar-refractivity contribution in [1.29, 1.82) is 0 Å². The fourth-order valence-electron chi connectivity index (χ4n) is 4.02. The minimum Gasteiger partial charge on any atom is -0.271 e. The first-order chi connectivity index (χ1) is 10.3. The normalized spacial score (nSPS) is 24.1. The van der Waals surface area contributed by atoms with Crippen molar-refractivity contribution in [3.05, 3.63) is 0 Å². The summed E-state index contributed by atoms with van der Waals surface area (Å²) in [7, 11) is 0. The molecule has 126 valence electrons. The summed E-state index contributed by atoms with van der Waals surface area (Å²) in [4.78, 5) is 0. The minimum absolute atomic E-state index is 0.569. The maximum absolute atomic E-state index is 5.84. The number of hydrazine groups is 1. The monoisotopic (exact) mass is 296 g/mol. The second-order valence-electron chi connectivity index (χ2n) is 7.24. The molecule has 2 nitrogen and oxygen atoms in total. The molecule has 1 rings (SSSR count). The van der Waals surface area contributed by atoms with Gasteiger partial charge in [0.1, 0.15) is 0 Å². The predicted octanol–water partition coefficient (Wildman–Crippen LogP) is 5.57. The molecule has 3 unspecified atom stereocenters. The van der Waals surface area contributed by atoms with Gasteiger partial charge in [-0.3, -0.25) is 11.3 Å². The number of nitrogens with one attached hydrogen (secondary N) is 1. The van der Waals surface area contributed by atoms with E-state index in [1.165, 1.54) is 89.9 Å². The number of unbranched alkanes of at least 4 members (excludes halogenated alkanes) is 7. The molecule has 2 heteroatoms. The Hall–Kier alpha value is -0.0800. The van der Waals surface area contributed by atoms with E-state index in [1.807, 2.05) is 0 Å². The summed E-state index contributed by atoms with van der Waals surface area (Å²) in [5.41, 5.74) is 3.14. The molecule has 0 aromatic rings. The van der Waals surface area contributed by atoms with Crippen molar-refractivity contribution in [2.24, 2.45) is 17.7 Å². The van der Waals surface area contributed by atoms with E-state index < -0.39 is 0 Å². The second-order valence-corrected chi connectivity index (χ2v) is 7.24. The summed E-state index contributed by atoms with van der Waals surface area (Å²) >= 11 is 0. The van der Waals surface area contributed by atoms with Crippen LogP contribution in [-0.4, -0.2) is 6.04 Å². The topological polar surface area (TPSA) is 38.0 Å². The van der Waals surface area contributed by atoms with Gasteiger partial charge in [0.2, 0.25) is 0 Å². The molecule has 0 radical (unpaired) electrons. The smallest absolute Gasteiger partial charge is 0.0238 e. The van der Waals surface area contributed by atoms with Crippen LogP contribution in [0.15, 0.2) is 0 Å². The number of hydrogen-bond acceptors (Lipinski definition) is 2. The van der Waals surface area contributed by atoms with Gasteiger partial charge in [-0.25, -0.2) is 0 Å². The molecular weight excluding hydrogens is 256 g/mol. The van der Waals surface area contributed by atoms with Gasteiger partial charge in [-0.05, 0) is 31.1 Å². The van der Waals surface area contributed by atoms with Crippen LogP contribution in [0.2, 0.25) is 0 Å². The first kappa shape index (κ1) is 19.0. The minimum atomic E-state index is 0.569. The molecule has 0 aliphatic heterocycles. The summed E-state index contributed by atoms with van der Waals surface area (Å²) in [5.74, 6) is 7.62. The van der Waals surface area contributed by atoms with Crippen molar-refractivity contribution in [3.63, 3.8) is 0 Å². The lowest BCUT2D eigenvalue weighted by atomic mass is 9.76. The highest BCUT2D eigenvalue weighted by Gasteiger charge is 2.26. The van der Waals surface area contributed by atoms with Gasteiger partial charge in [0.15, 0.2) is 0 Å². The van der Waals surface area contributed by atoms with Crippen molar-refractivity contribution in [2.75, 3.05) is 0 Å². The molecule has 1 aliphatic carbocycles. The van der Waals surface area contributed by atoms with Gasteiger partial charge in [-0.1, -0.05) is 84.5 Å². The number of hydrogen-bond donors (Lipinski definition) is 2. The Kier molecular flexibility index (Phi) is 11.3. The highest BCUT2D eigenvalue weighted by atomic mass is 15.2. The van der Waals surface area contributed by atoms with Crippen LogP contribution in [-0.2, 0) is 0 Å². The maximum atomic E-state index is 5.84. The van der Waals surface area contributed by atoms with Crippen molar-refractivity contribution < 1.29 is 0 Å². The van der Waals surface area contributed by atoms with Crippen LogP contribution >= 0.6 is 0 Å². The Labute approximate surface area is 133 Å². The molecule has 0 amide bonds. The van der Waals surface area contributed by atoms with Crippen molar-refractivity contribution in [2.45, 2.75) is 110 Å². The maximum Gasteiger partial charge on any atom is 0.0238 e. The SMILES string of the molecule is CCCCCCCCCCC(NN)C1CCCC(CC)C1. The summed E-state index contributed by atoms with van der Waals surface area (Å²) < 4.78 is 0. The number of nitrogens with two attached hydrogens (primary N) is 1. The molecule has 1 saturated carbocycles. The van der Waals surface area contributed by atoms with Gasteiger partial charge < -0.3 is 0 Å². The molecule has 1 fully saturated rings. The van der Waals surface area contributed by atoms with Crippen LogP contribution in [0.1, 0.15) is 104 Å². The predicted molar refractivity (Wildman–Crippen MR) is 94.1 cm³/mol. The van der Waals surface area contributed by atoms with E-state index in [2.05, 4.69) is 19.3 Å². The van der Waals surface area contributed by atoms with Gasteiger partial charge >= 0.3 is 0 Å². The molecule has 3 atom stereocenters. The molecule has 0 bridgehead atoms. The van der Waals surface area contributed by atoms with E-state index >= 15 is 0 Å². The molecule has 0 aromatic heterocycles. The Bertz CT molecular complexity index is 230. The highest BCUT2D eigenvalue weighted by Crippen LogP contribution is 2.34. The largest absolute Gasteiger partial charge is 0.271 e. The summed E-state index contributed by atoms with van der Waals surface area (Å²) in [5, 5.41) is 0. The molecule has 0 saturated heterocycles. The van der Waals surface area contributed by atoms with Crippen LogP contribution in [0, 0.1) is 11.8 Å². The summed E-state index contributed by atoms with van der Waals surface area (Å²) in [6, 6.07) is 0.569. The average Bonchev–Trinajstić information content (AvgIpc) is 2.53. The first-order valence-electron chi connectivity index (χ1n) is 9.77. The third-order valence-electron chi connectivity index (χ3n) is 5.55. The fourth-order valence-corrected chi connectivity index (χ4v) is 4.02. The van der Waals surface area contributed by atoms with Gasteiger partial charge in [-0.2, -0.15) is 0 Å². The quantitative estimate of drug-likeness (QED) is 0.281. The summed E-state index contributed by atoms with van der Waals surface area (Å²) in [6.45, 7) is 4.63. The zero-order valence-corrected chi connectivity index (χ0v) is 14.7. The second kappa shape index (κ2) is 12.5. The molecule has 0 spiro atoms. The fraction of sp³-hybridized carbons (Fsp3) is 1.00. The van der Waals surface area contributed by atoms with Crippen molar-refractivity contribution in [1.82, 2.24) is 5.43 Å². The van der Waals surface area contributed by atoms with E-state index in [9.17, 15) is 0 Å². The van der Waals surface area contributed by atoms with Crippen molar-refractivity contribution in [3.8, 4) is 0 Å². The molecule has 0 aromatic carbocycles. The Balaban J connectivity index is 2.08. The third-order valence-corrected chi connectivity index (χ3v) is 5.55. The molecule has 3 N–H and O–H groups in total. The lowest BCUT2D eigenvalue weighted by Crippen LogP contribution is -2.42. The Morgan fingerprint density at radius 1 is 0.952 bits per heavy atom.